The SMILES string of the molecule is O[C@H]1COC[C@H]1N1CCCC1. The van der Waals surface area contributed by atoms with Gasteiger partial charge in [-0.25, -0.2) is 0 Å². The van der Waals surface area contributed by atoms with Crippen LogP contribution < -0.4 is 0 Å². The van der Waals surface area contributed by atoms with Crippen molar-refractivity contribution >= 4 is 0 Å². The number of nitrogens with zero attached hydrogens (tertiary/aromatic N) is 1. The van der Waals surface area contributed by atoms with Crippen molar-refractivity contribution < 1.29 is 9.84 Å². The summed E-state index contributed by atoms with van der Waals surface area (Å²) in [5.74, 6) is 0. The fourth-order valence-electron chi connectivity index (χ4n) is 1.95. The van der Waals surface area contributed by atoms with E-state index in [0.717, 1.165) is 19.7 Å². The van der Waals surface area contributed by atoms with Gasteiger partial charge in [0.05, 0.1) is 25.4 Å². The molecule has 0 bridgehead atoms. The lowest BCUT2D eigenvalue weighted by Crippen LogP contribution is -2.41. The summed E-state index contributed by atoms with van der Waals surface area (Å²) in [4.78, 5) is 2.34. The molecule has 0 aliphatic carbocycles. The molecule has 0 unspecified atom stereocenters. The van der Waals surface area contributed by atoms with Gasteiger partial charge in [-0.05, 0) is 25.9 Å². The Balaban J connectivity index is 1.92. The molecule has 0 spiro atoms. The summed E-state index contributed by atoms with van der Waals surface area (Å²) < 4.78 is 5.19. The van der Waals surface area contributed by atoms with E-state index in [0.29, 0.717) is 6.61 Å². The molecule has 1 N–H and O–H groups in total. The van der Waals surface area contributed by atoms with E-state index in [9.17, 15) is 5.11 Å². The third-order valence-electron chi connectivity index (χ3n) is 2.63. The molecule has 2 aliphatic rings. The third-order valence-corrected chi connectivity index (χ3v) is 2.63. The van der Waals surface area contributed by atoms with Crippen LogP contribution in [0.15, 0.2) is 0 Å². The van der Waals surface area contributed by atoms with Crippen LogP contribution in [0.5, 0.6) is 0 Å². The summed E-state index contributed by atoms with van der Waals surface area (Å²) in [5.41, 5.74) is 0. The largest absolute Gasteiger partial charge is 0.389 e. The minimum atomic E-state index is -0.243. The molecule has 0 aromatic heterocycles. The molecule has 64 valence electrons. The molecule has 0 radical (unpaired) electrons. The first-order chi connectivity index (χ1) is 5.38. The molecular formula is C8H15NO2. The summed E-state index contributed by atoms with van der Waals surface area (Å²) in [6.45, 7) is 3.54. The Morgan fingerprint density at radius 2 is 1.91 bits per heavy atom. The Labute approximate surface area is 66.9 Å². The standard InChI is InChI=1S/C8H15NO2/c10-8-6-11-5-7(8)9-3-1-2-4-9/h7-8,10H,1-6H2/t7-,8+/m1/s1. The van der Waals surface area contributed by atoms with Crippen LogP contribution >= 0.6 is 0 Å². The van der Waals surface area contributed by atoms with E-state index in [-0.39, 0.29) is 12.1 Å². The van der Waals surface area contributed by atoms with Crippen LogP contribution in [-0.4, -0.2) is 48.5 Å². The normalized spacial score (nSPS) is 40.1. The maximum atomic E-state index is 9.48. The van der Waals surface area contributed by atoms with Crippen LogP contribution in [0.2, 0.25) is 0 Å². The van der Waals surface area contributed by atoms with Crippen LogP contribution in [-0.2, 0) is 4.74 Å². The van der Waals surface area contributed by atoms with Crippen LogP contribution in [0.4, 0.5) is 0 Å². The molecule has 3 heteroatoms. The van der Waals surface area contributed by atoms with Crippen molar-refractivity contribution in [3.63, 3.8) is 0 Å². The minimum absolute atomic E-state index is 0.243. The number of aliphatic hydroxyl groups is 1. The Morgan fingerprint density at radius 3 is 2.45 bits per heavy atom. The van der Waals surface area contributed by atoms with Gasteiger partial charge >= 0.3 is 0 Å². The molecule has 3 nitrogen and oxygen atoms in total. The zero-order chi connectivity index (χ0) is 7.68. The van der Waals surface area contributed by atoms with E-state index in [1.54, 1.807) is 0 Å². The summed E-state index contributed by atoms with van der Waals surface area (Å²) in [6.07, 6.45) is 2.32. The van der Waals surface area contributed by atoms with Crippen molar-refractivity contribution in [2.24, 2.45) is 0 Å². The van der Waals surface area contributed by atoms with Gasteiger partial charge in [0.2, 0.25) is 0 Å². The van der Waals surface area contributed by atoms with Crippen LogP contribution in [0.3, 0.4) is 0 Å². The van der Waals surface area contributed by atoms with Crippen LogP contribution in [0.25, 0.3) is 0 Å². The molecule has 2 rings (SSSR count). The molecule has 2 fully saturated rings. The van der Waals surface area contributed by atoms with Gasteiger partial charge in [-0.3, -0.25) is 4.90 Å². The molecule has 2 aliphatic heterocycles. The molecule has 2 heterocycles. The first kappa shape index (κ1) is 7.53. The predicted octanol–water partition coefficient (Wildman–Crippen LogP) is -0.158. The number of likely N-dealkylation sites (tertiary alicyclic amines) is 1. The van der Waals surface area contributed by atoms with Crippen molar-refractivity contribution in [2.45, 2.75) is 25.0 Å². The highest BCUT2D eigenvalue weighted by atomic mass is 16.5. The van der Waals surface area contributed by atoms with Gasteiger partial charge in [-0.15, -0.1) is 0 Å². The number of ether oxygens (including phenoxy) is 1. The molecule has 2 saturated heterocycles. The zero-order valence-corrected chi connectivity index (χ0v) is 6.70. The molecule has 0 aromatic carbocycles. The Morgan fingerprint density at radius 1 is 1.18 bits per heavy atom. The van der Waals surface area contributed by atoms with E-state index in [1.165, 1.54) is 12.8 Å². The number of hydrogen-bond acceptors (Lipinski definition) is 3. The second-order valence-electron chi connectivity index (χ2n) is 3.42. The van der Waals surface area contributed by atoms with Gasteiger partial charge in [-0.2, -0.15) is 0 Å². The predicted molar refractivity (Wildman–Crippen MR) is 41.4 cm³/mol. The van der Waals surface area contributed by atoms with Crippen molar-refractivity contribution in [2.75, 3.05) is 26.3 Å². The molecule has 2 atom stereocenters. The summed E-state index contributed by atoms with van der Waals surface area (Å²) >= 11 is 0. The molecular weight excluding hydrogens is 142 g/mol. The first-order valence-electron chi connectivity index (χ1n) is 4.38. The van der Waals surface area contributed by atoms with Gasteiger partial charge < -0.3 is 9.84 Å². The Hall–Kier alpha value is -0.120. The van der Waals surface area contributed by atoms with E-state index in [1.807, 2.05) is 0 Å². The van der Waals surface area contributed by atoms with E-state index < -0.39 is 0 Å². The lowest BCUT2D eigenvalue weighted by molar-refractivity contribution is 0.0948. The zero-order valence-electron chi connectivity index (χ0n) is 6.70. The highest BCUT2D eigenvalue weighted by Gasteiger charge is 2.32. The number of aliphatic hydroxyl groups excluding tert-OH is 1. The van der Waals surface area contributed by atoms with E-state index in [4.69, 9.17) is 4.74 Å². The smallest absolute Gasteiger partial charge is 0.0950 e. The van der Waals surface area contributed by atoms with E-state index >= 15 is 0 Å². The third kappa shape index (κ3) is 1.41. The fourth-order valence-corrected chi connectivity index (χ4v) is 1.95. The van der Waals surface area contributed by atoms with Crippen molar-refractivity contribution in [3.8, 4) is 0 Å². The monoisotopic (exact) mass is 157 g/mol. The molecule has 11 heavy (non-hydrogen) atoms. The maximum absolute atomic E-state index is 9.48. The summed E-state index contributed by atoms with van der Waals surface area (Å²) in [5, 5.41) is 9.48. The van der Waals surface area contributed by atoms with Crippen molar-refractivity contribution in [1.29, 1.82) is 0 Å². The average molecular weight is 157 g/mol. The summed E-state index contributed by atoms with van der Waals surface area (Å²) in [7, 11) is 0. The van der Waals surface area contributed by atoms with Gasteiger partial charge in [-0.1, -0.05) is 0 Å². The van der Waals surface area contributed by atoms with E-state index in [2.05, 4.69) is 4.90 Å². The number of rotatable bonds is 1. The quantitative estimate of drug-likeness (QED) is 0.574. The van der Waals surface area contributed by atoms with Gasteiger partial charge in [0.1, 0.15) is 0 Å². The van der Waals surface area contributed by atoms with Crippen molar-refractivity contribution in [1.82, 2.24) is 4.90 Å². The highest BCUT2D eigenvalue weighted by Crippen LogP contribution is 2.18. The topological polar surface area (TPSA) is 32.7 Å². The van der Waals surface area contributed by atoms with Crippen LogP contribution in [0.1, 0.15) is 12.8 Å². The first-order valence-corrected chi connectivity index (χ1v) is 4.38. The fraction of sp³-hybridized carbons (Fsp3) is 1.00. The van der Waals surface area contributed by atoms with Gasteiger partial charge in [0, 0.05) is 0 Å². The average Bonchev–Trinajstić information content (AvgIpc) is 2.55. The highest BCUT2D eigenvalue weighted by molar-refractivity contribution is 4.85. The molecule has 0 saturated carbocycles. The lowest BCUT2D eigenvalue weighted by atomic mass is 10.2. The Kier molecular flexibility index (Phi) is 2.11. The second-order valence-corrected chi connectivity index (χ2v) is 3.42. The number of hydrogen-bond donors (Lipinski definition) is 1. The van der Waals surface area contributed by atoms with Crippen molar-refractivity contribution in [3.05, 3.63) is 0 Å². The second kappa shape index (κ2) is 3.09. The van der Waals surface area contributed by atoms with Gasteiger partial charge in [0.25, 0.3) is 0 Å². The summed E-state index contributed by atoms with van der Waals surface area (Å²) in [6, 6.07) is 0.289. The molecule has 0 aromatic rings. The maximum Gasteiger partial charge on any atom is 0.0950 e. The lowest BCUT2D eigenvalue weighted by Gasteiger charge is -2.24. The van der Waals surface area contributed by atoms with Crippen LogP contribution in [0, 0.1) is 0 Å². The van der Waals surface area contributed by atoms with Gasteiger partial charge in [0.15, 0.2) is 0 Å². The minimum Gasteiger partial charge on any atom is -0.389 e. The molecule has 0 amide bonds. The Bertz CT molecular complexity index is 134.